The zero-order valence-corrected chi connectivity index (χ0v) is 24.9. The van der Waals surface area contributed by atoms with Crippen LogP contribution in [0.2, 0.25) is 18.1 Å². The van der Waals surface area contributed by atoms with E-state index in [0.717, 1.165) is 24.0 Å². The molecule has 2 aromatic carbocycles. The molecule has 5 nitrogen and oxygen atoms in total. The van der Waals surface area contributed by atoms with E-state index in [2.05, 4.69) is 33.9 Å². The van der Waals surface area contributed by atoms with E-state index in [1.54, 1.807) is 0 Å². The number of carbonyl (C=O) groups excluding carboxylic acids is 1. The van der Waals surface area contributed by atoms with Crippen molar-refractivity contribution in [2.45, 2.75) is 101 Å². The molecular weight excluding hydrogens is 490 g/mol. The third kappa shape index (κ3) is 4.89. The Balaban J connectivity index is 1.44. The number of quaternary nitrogens is 1. The van der Waals surface area contributed by atoms with Gasteiger partial charge in [-0.1, -0.05) is 81.4 Å². The van der Waals surface area contributed by atoms with Gasteiger partial charge in [-0.25, -0.2) is 4.79 Å². The number of hydrogen-bond donors (Lipinski definition) is 0. The van der Waals surface area contributed by atoms with Gasteiger partial charge in [-0.05, 0) is 29.3 Å². The summed E-state index contributed by atoms with van der Waals surface area (Å²) < 4.78 is 20.8. The maximum atomic E-state index is 14.4. The van der Waals surface area contributed by atoms with Gasteiger partial charge in [0.1, 0.15) is 12.9 Å². The van der Waals surface area contributed by atoms with Crippen molar-refractivity contribution in [1.29, 1.82) is 0 Å². The molecule has 0 radical (unpaired) electrons. The molecule has 206 valence electrons. The van der Waals surface area contributed by atoms with Gasteiger partial charge in [-0.15, -0.1) is 0 Å². The first-order valence-electron chi connectivity index (χ1n) is 14.5. The average molecular weight is 537 g/mol. The molecule has 1 spiro atoms. The Morgan fingerprint density at radius 3 is 1.84 bits per heavy atom. The molecule has 2 aromatic rings. The Morgan fingerprint density at radius 2 is 1.37 bits per heavy atom. The van der Waals surface area contributed by atoms with Crippen molar-refractivity contribution in [3.8, 4) is 0 Å². The standard InChI is InChI=1S/C32H46NO4Si/c1-31(2,3)38(4,5)36-24-35-32(25-14-8-6-9-15-25,26-16-10-7-11-17-26)30(34)37-29-22-27-18-19-28(23-29)33(27)20-12-13-21-33/h6-11,14-17,27-29H,12-13,18-24H2,1-5H3/q+1. The van der Waals surface area contributed by atoms with Crippen LogP contribution in [0.5, 0.6) is 0 Å². The van der Waals surface area contributed by atoms with E-state index in [9.17, 15) is 4.79 Å². The molecule has 5 rings (SSSR count). The van der Waals surface area contributed by atoms with E-state index in [-0.39, 0.29) is 23.9 Å². The molecule has 0 saturated carbocycles. The van der Waals surface area contributed by atoms with E-state index in [1.165, 1.54) is 43.3 Å². The molecule has 0 aromatic heterocycles. The van der Waals surface area contributed by atoms with Gasteiger partial charge in [0.15, 0.2) is 8.32 Å². The van der Waals surface area contributed by atoms with Crippen molar-refractivity contribution in [1.82, 2.24) is 0 Å². The van der Waals surface area contributed by atoms with Crippen LogP contribution in [0, 0.1) is 0 Å². The predicted octanol–water partition coefficient (Wildman–Crippen LogP) is 6.77. The quantitative estimate of drug-likeness (QED) is 0.162. The maximum Gasteiger partial charge on any atom is 0.348 e. The predicted molar refractivity (Wildman–Crippen MR) is 153 cm³/mol. The summed E-state index contributed by atoms with van der Waals surface area (Å²) in [6.45, 7) is 13.7. The Bertz CT molecular complexity index is 1040. The Labute approximate surface area is 230 Å². The number of carbonyl (C=O) groups is 1. The van der Waals surface area contributed by atoms with Crippen molar-refractivity contribution in [2.75, 3.05) is 19.9 Å². The van der Waals surface area contributed by atoms with Gasteiger partial charge < -0.3 is 18.4 Å². The molecule has 3 aliphatic heterocycles. The van der Waals surface area contributed by atoms with Crippen LogP contribution in [0.3, 0.4) is 0 Å². The lowest BCUT2D eigenvalue weighted by Gasteiger charge is -2.47. The first-order valence-corrected chi connectivity index (χ1v) is 17.5. The lowest BCUT2D eigenvalue weighted by molar-refractivity contribution is -0.956. The lowest BCUT2D eigenvalue weighted by atomic mass is 9.85. The average Bonchev–Trinajstić information content (AvgIpc) is 3.43. The van der Waals surface area contributed by atoms with Crippen LogP contribution in [0.25, 0.3) is 0 Å². The number of ether oxygens (including phenoxy) is 2. The molecule has 3 heterocycles. The second-order valence-electron chi connectivity index (χ2n) is 13.2. The van der Waals surface area contributed by atoms with E-state index in [1.807, 2.05) is 60.7 Å². The lowest BCUT2D eigenvalue weighted by Crippen LogP contribution is -2.60. The fourth-order valence-corrected chi connectivity index (χ4v) is 7.78. The first kappa shape index (κ1) is 27.6. The second-order valence-corrected chi connectivity index (χ2v) is 18.0. The molecule has 6 heteroatoms. The topological polar surface area (TPSA) is 44.8 Å². The van der Waals surface area contributed by atoms with Gasteiger partial charge in [-0.2, -0.15) is 0 Å². The smallest absolute Gasteiger partial charge is 0.348 e. The minimum atomic E-state index is -2.09. The highest BCUT2D eigenvalue weighted by atomic mass is 28.4. The third-order valence-electron chi connectivity index (χ3n) is 10.2. The van der Waals surface area contributed by atoms with E-state index < -0.39 is 13.9 Å². The van der Waals surface area contributed by atoms with Crippen LogP contribution in [-0.2, 0) is 24.3 Å². The van der Waals surface area contributed by atoms with Crippen LogP contribution in [0.4, 0.5) is 0 Å². The number of piperidine rings is 1. The van der Waals surface area contributed by atoms with Gasteiger partial charge in [0, 0.05) is 38.5 Å². The van der Waals surface area contributed by atoms with E-state index >= 15 is 0 Å². The fourth-order valence-electron chi connectivity index (χ4n) is 7.00. The first-order chi connectivity index (χ1) is 18.1. The van der Waals surface area contributed by atoms with Crippen molar-refractivity contribution in [3.05, 3.63) is 71.8 Å². The Kier molecular flexibility index (Phi) is 7.64. The Hall–Kier alpha value is -1.99. The SMILES string of the molecule is CC(C)(C)[Si](C)(C)OCOC(C(=O)OC1CC2CCC(C1)[N+]21CCCC1)(c1ccccc1)c1ccccc1. The highest BCUT2D eigenvalue weighted by molar-refractivity contribution is 6.74. The molecule has 0 aliphatic carbocycles. The number of benzene rings is 2. The van der Waals surface area contributed by atoms with Crippen molar-refractivity contribution in [3.63, 3.8) is 0 Å². The summed E-state index contributed by atoms with van der Waals surface area (Å²) in [5.41, 5.74) is 0.162. The summed E-state index contributed by atoms with van der Waals surface area (Å²) in [5, 5.41) is 0.0366. The van der Waals surface area contributed by atoms with Gasteiger partial charge in [0.25, 0.3) is 0 Å². The highest BCUT2D eigenvalue weighted by Crippen LogP contribution is 2.47. The Morgan fingerprint density at radius 1 is 0.868 bits per heavy atom. The number of rotatable bonds is 8. The molecule has 3 aliphatic rings. The van der Waals surface area contributed by atoms with Crippen LogP contribution >= 0.6 is 0 Å². The molecule has 2 unspecified atom stereocenters. The maximum absolute atomic E-state index is 14.4. The minimum absolute atomic E-state index is 0.0330. The molecule has 0 amide bonds. The largest absolute Gasteiger partial charge is 0.459 e. The minimum Gasteiger partial charge on any atom is -0.459 e. The van der Waals surface area contributed by atoms with E-state index in [4.69, 9.17) is 13.9 Å². The summed E-state index contributed by atoms with van der Waals surface area (Å²) in [5.74, 6) is -0.326. The molecule has 3 fully saturated rings. The van der Waals surface area contributed by atoms with Crippen molar-refractivity contribution in [2.24, 2.45) is 0 Å². The van der Waals surface area contributed by atoms with Crippen LogP contribution in [0.1, 0.15) is 70.4 Å². The monoisotopic (exact) mass is 536 g/mol. The molecule has 38 heavy (non-hydrogen) atoms. The fraction of sp³-hybridized carbons (Fsp3) is 0.594. The number of hydrogen-bond acceptors (Lipinski definition) is 4. The molecular formula is C32H46NO4Si+. The number of esters is 1. The van der Waals surface area contributed by atoms with Gasteiger partial charge in [0.05, 0.1) is 25.2 Å². The zero-order valence-electron chi connectivity index (χ0n) is 23.9. The molecule has 0 N–H and O–H groups in total. The third-order valence-corrected chi connectivity index (χ3v) is 14.6. The van der Waals surface area contributed by atoms with Gasteiger partial charge in [0.2, 0.25) is 5.60 Å². The molecule has 2 bridgehead atoms. The second kappa shape index (κ2) is 10.5. The summed E-state index contributed by atoms with van der Waals surface area (Å²) >= 11 is 0. The number of nitrogens with zero attached hydrogens (tertiary/aromatic N) is 1. The summed E-state index contributed by atoms with van der Waals surface area (Å²) in [7, 11) is -2.09. The molecule has 2 atom stereocenters. The normalized spacial score (nSPS) is 25.0. The van der Waals surface area contributed by atoms with Crippen molar-refractivity contribution >= 4 is 14.3 Å². The highest BCUT2D eigenvalue weighted by Gasteiger charge is 2.57. The van der Waals surface area contributed by atoms with Crippen LogP contribution in [-0.4, -0.2) is 56.8 Å². The summed E-state index contributed by atoms with van der Waals surface area (Å²) in [6, 6.07) is 20.9. The van der Waals surface area contributed by atoms with Crippen molar-refractivity contribution < 1.29 is 23.2 Å². The summed E-state index contributed by atoms with van der Waals surface area (Å²) in [6.07, 6.45) is 7.05. The zero-order chi connectivity index (χ0) is 27.0. The van der Waals surface area contributed by atoms with E-state index in [0.29, 0.717) is 12.1 Å². The van der Waals surface area contributed by atoms with Gasteiger partial charge in [-0.3, -0.25) is 0 Å². The molecule has 3 saturated heterocycles. The summed E-state index contributed by atoms with van der Waals surface area (Å²) in [4.78, 5) is 14.4. The van der Waals surface area contributed by atoms with Gasteiger partial charge >= 0.3 is 5.97 Å². The van der Waals surface area contributed by atoms with Crippen LogP contribution in [0.15, 0.2) is 60.7 Å². The van der Waals surface area contributed by atoms with Crippen LogP contribution < -0.4 is 0 Å².